The van der Waals surface area contributed by atoms with Crippen molar-refractivity contribution >= 4 is 37.9 Å². The van der Waals surface area contributed by atoms with Crippen molar-refractivity contribution in [2.45, 2.75) is 12.0 Å². The summed E-state index contributed by atoms with van der Waals surface area (Å²) < 4.78 is 1.97. The third-order valence-electron chi connectivity index (χ3n) is 3.45. The van der Waals surface area contributed by atoms with Crippen LogP contribution in [0.15, 0.2) is 57.5 Å². The number of hydrogen-bond acceptors (Lipinski definition) is 1. The molecule has 0 saturated heterocycles. The zero-order valence-corrected chi connectivity index (χ0v) is 13.2. The van der Waals surface area contributed by atoms with Gasteiger partial charge in [0.15, 0.2) is 0 Å². The molecule has 0 aliphatic heterocycles. The quantitative estimate of drug-likeness (QED) is 0.734. The summed E-state index contributed by atoms with van der Waals surface area (Å²) in [6, 6.07) is 14.1. The molecule has 1 N–H and O–H groups in total. The molecule has 96 valence electrons. The summed E-state index contributed by atoms with van der Waals surface area (Å²) in [5, 5.41) is 10.6. The Labute approximate surface area is 129 Å². The summed E-state index contributed by atoms with van der Waals surface area (Å²) >= 11 is 6.99. The van der Waals surface area contributed by atoms with Crippen molar-refractivity contribution in [3.05, 3.63) is 74.2 Å². The van der Waals surface area contributed by atoms with Gasteiger partial charge in [-0.1, -0.05) is 42.5 Å². The van der Waals surface area contributed by atoms with Crippen LogP contribution < -0.4 is 0 Å². The lowest BCUT2D eigenvalue weighted by Crippen LogP contribution is -2.13. The minimum absolute atomic E-state index is 0.0155. The van der Waals surface area contributed by atoms with Crippen LogP contribution in [0.25, 0.3) is 6.08 Å². The van der Waals surface area contributed by atoms with E-state index < -0.39 is 6.10 Å². The molecule has 0 radical (unpaired) electrons. The lowest BCUT2D eigenvalue weighted by atomic mass is 9.83. The van der Waals surface area contributed by atoms with E-state index in [-0.39, 0.29) is 5.92 Å². The van der Waals surface area contributed by atoms with E-state index in [0.29, 0.717) is 0 Å². The van der Waals surface area contributed by atoms with E-state index in [9.17, 15) is 5.11 Å². The fourth-order valence-corrected chi connectivity index (χ4v) is 3.17. The highest BCUT2D eigenvalue weighted by molar-refractivity contribution is 9.13. The Hall–Kier alpha value is -0.900. The van der Waals surface area contributed by atoms with Crippen LogP contribution in [0.2, 0.25) is 0 Å². The largest absolute Gasteiger partial charge is 0.387 e. The Morgan fingerprint density at radius 2 is 1.63 bits per heavy atom. The summed E-state index contributed by atoms with van der Waals surface area (Å²) in [6.07, 6.45) is 3.64. The number of aliphatic hydroxyl groups is 1. The minimum Gasteiger partial charge on any atom is -0.387 e. The molecule has 0 saturated carbocycles. The molecule has 1 nitrogen and oxygen atoms in total. The minimum atomic E-state index is -0.508. The standard InChI is InChI=1S/C16H12Br2O/c17-14-8-11-6-7-12(10-4-2-1-3-5-10)16(19)13(11)9-15(14)18/h1-9,12,16,19H. The average Bonchev–Trinajstić information content (AvgIpc) is 2.42. The first-order chi connectivity index (χ1) is 9.16. The van der Waals surface area contributed by atoms with Gasteiger partial charge in [-0.25, -0.2) is 0 Å². The monoisotopic (exact) mass is 378 g/mol. The third-order valence-corrected chi connectivity index (χ3v) is 5.30. The first kappa shape index (κ1) is 13.1. The maximum Gasteiger partial charge on any atom is 0.0899 e. The normalized spacial score (nSPS) is 21.2. The summed E-state index contributed by atoms with van der Waals surface area (Å²) in [4.78, 5) is 0. The molecule has 1 aliphatic rings. The molecule has 2 aromatic carbocycles. The van der Waals surface area contributed by atoms with Crippen molar-refractivity contribution in [2.24, 2.45) is 0 Å². The van der Waals surface area contributed by atoms with Gasteiger partial charge in [0.2, 0.25) is 0 Å². The van der Waals surface area contributed by atoms with E-state index in [1.165, 1.54) is 0 Å². The highest BCUT2D eigenvalue weighted by Gasteiger charge is 2.26. The maximum atomic E-state index is 10.6. The molecule has 0 amide bonds. The van der Waals surface area contributed by atoms with Crippen molar-refractivity contribution in [3.63, 3.8) is 0 Å². The highest BCUT2D eigenvalue weighted by Crippen LogP contribution is 2.41. The van der Waals surface area contributed by atoms with Gasteiger partial charge in [-0.15, -0.1) is 0 Å². The van der Waals surface area contributed by atoms with E-state index in [4.69, 9.17) is 0 Å². The fourth-order valence-electron chi connectivity index (χ4n) is 2.45. The number of halogens is 2. The lowest BCUT2D eigenvalue weighted by Gasteiger charge is -2.26. The van der Waals surface area contributed by atoms with E-state index in [1.54, 1.807) is 0 Å². The summed E-state index contributed by atoms with van der Waals surface area (Å²) in [7, 11) is 0. The van der Waals surface area contributed by atoms with Gasteiger partial charge in [-0.05, 0) is 60.7 Å². The van der Waals surface area contributed by atoms with Crippen LogP contribution in [-0.2, 0) is 0 Å². The van der Waals surface area contributed by atoms with Gasteiger partial charge in [0.25, 0.3) is 0 Å². The predicted molar refractivity (Wildman–Crippen MR) is 85.0 cm³/mol. The molecule has 2 unspecified atom stereocenters. The zero-order valence-electron chi connectivity index (χ0n) is 10.1. The Morgan fingerprint density at radius 3 is 2.37 bits per heavy atom. The second-order valence-electron chi connectivity index (χ2n) is 4.64. The second kappa shape index (κ2) is 5.23. The van der Waals surface area contributed by atoms with Gasteiger partial charge in [0, 0.05) is 14.9 Å². The van der Waals surface area contributed by atoms with Crippen LogP contribution in [0, 0.1) is 0 Å². The molecule has 0 bridgehead atoms. The second-order valence-corrected chi connectivity index (χ2v) is 6.34. The maximum absolute atomic E-state index is 10.6. The Morgan fingerprint density at radius 1 is 0.947 bits per heavy atom. The van der Waals surface area contributed by atoms with Gasteiger partial charge < -0.3 is 5.11 Å². The van der Waals surface area contributed by atoms with Crippen molar-refractivity contribution in [2.75, 3.05) is 0 Å². The smallest absolute Gasteiger partial charge is 0.0899 e. The first-order valence-corrected chi connectivity index (χ1v) is 7.65. The molecular weight excluding hydrogens is 368 g/mol. The van der Waals surface area contributed by atoms with Crippen LogP contribution in [-0.4, -0.2) is 5.11 Å². The van der Waals surface area contributed by atoms with Gasteiger partial charge in [-0.2, -0.15) is 0 Å². The number of rotatable bonds is 1. The van der Waals surface area contributed by atoms with Gasteiger partial charge in [0.05, 0.1) is 6.10 Å². The zero-order chi connectivity index (χ0) is 13.4. The Balaban J connectivity index is 2.05. The molecule has 1 aliphatic carbocycles. The SMILES string of the molecule is OC1c2cc(Br)c(Br)cc2C=CC1c1ccccc1. The van der Waals surface area contributed by atoms with Gasteiger partial charge >= 0.3 is 0 Å². The van der Waals surface area contributed by atoms with E-state index in [1.807, 2.05) is 30.3 Å². The van der Waals surface area contributed by atoms with Gasteiger partial charge in [0.1, 0.15) is 0 Å². The van der Waals surface area contributed by atoms with Crippen molar-refractivity contribution < 1.29 is 5.11 Å². The van der Waals surface area contributed by atoms with Crippen LogP contribution in [0.3, 0.4) is 0 Å². The molecule has 0 heterocycles. The molecule has 3 heteroatoms. The van der Waals surface area contributed by atoms with Crippen LogP contribution in [0.1, 0.15) is 28.7 Å². The average molecular weight is 380 g/mol. The topological polar surface area (TPSA) is 20.2 Å². The van der Waals surface area contributed by atoms with E-state index in [0.717, 1.165) is 25.6 Å². The molecule has 2 atom stereocenters. The molecule has 0 fully saturated rings. The highest BCUT2D eigenvalue weighted by atomic mass is 79.9. The number of benzene rings is 2. The summed E-state index contributed by atoms with van der Waals surface area (Å²) in [6.45, 7) is 0. The summed E-state index contributed by atoms with van der Waals surface area (Å²) in [5.74, 6) is 0.0155. The van der Waals surface area contributed by atoms with Crippen molar-refractivity contribution in [1.82, 2.24) is 0 Å². The molecule has 0 spiro atoms. The molecule has 3 rings (SSSR count). The number of aliphatic hydroxyl groups excluding tert-OH is 1. The Bertz CT molecular complexity index is 635. The fraction of sp³-hybridized carbons (Fsp3) is 0.125. The first-order valence-electron chi connectivity index (χ1n) is 6.07. The van der Waals surface area contributed by atoms with E-state index in [2.05, 4.69) is 56.1 Å². The lowest BCUT2D eigenvalue weighted by molar-refractivity contribution is 0.160. The predicted octanol–water partition coefficient (Wildman–Crippen LogP) is 5.06. The summed E-state index contributed by atoms with van der Waals surface area (Å²) in [5.41, 5.74) is 3.16. The molecular formula is C16H12Br2O. The molecule has 19 heavy (non-hydrogen) atoms. The van der Waals surface area contributed by atoms with Crippen LogP contribution in [0.5, 0.6) is 0 Å². The molecule has 2 aromatic rings. The third kappa shape index (κ3) is 2.42. The number of hydrogen-bond donors (Lipinski definition) is 1. The van der Waals surface area contributed by atoms with Crippen LogP contribution >= 0.6 is 31.9 Å². The number of fused-ring (bicyclic) bond motifs is 1. The van der Waals surface area contributed by atoms with E-state index >= 15 is 0 Å². The Kier molecular flexibility index (Phi) is 3.61. The van der Waals surface area contributed by atoms with Crippen LogP contribution in [0.4, 0.5) is 0 Å². The van der Waals surface area contributed by atoms with Gasteiger partial charge in [-0.3, -0.25) is 0 Å². The molecule has 0 aromatic heterocycles. The van der Waals surface area contributed by atoms with Crippen molar-refractivity contribution in [3.8, 4) is 0 Å². The van der Waals surface area contributed by atoms with Crippen molar-refractivity contribution in [1.29, 1.82) is 0 Å².